The Morgan fingerprint density at radius 1 is 1.32 bits per heavy atom. The van der Waals surface area contributed by atoms with Crippen LogP contribution in [-0.2, 0) is 11.2 Å². The number of hydrogen-bond acceptors (Lipinski definition) is 6. The van der Waals surface area contributed by atoms with Gasteiger partial charge in [0.05, 0.1) is 31.8 Å². The first-order valence-corrected chi connectivity index (χ1v) is 5.87. The average Bonchev–Trinajstić information content (AvgIpc) is 2.87. The summed E-state index contributed by atoms with van der Waals surface area (Å²) < 4.78 is 15.2. The number of methoxy groups -OCH3 is 2. The molecule has 1 aromatic carbocycles. The average molecular weight is 264 g/mol. The van der Waals surface area contributed by atoms with Gasteiger partial charge in [0.25, 0.3) is 0 Å². The third-order valence-corrected chi connectivity index (χ3v) is 2.59. The lowest BCUT2D eigenvalue weighted by Crippen LogP contribution is -2.17. The first-order valence-electron chi connectivity index (χ1n) is 5.87. The van der Waals surface area contributed by atoms with Crippen LogP contribution in [0.1, 0.15) is 5.89 Å². The van der Waals surface area contributed by atoms with Crippen LogP contribution < -0.4 is 4.74 Å². The van der Waals surface area contributed by atoms with Crippen molar-refractivity contribution in [2.24, 2.45) is 0 Å². The Labute approximate surface area is 111 Å². The molecule has 0 spiro atoms. The summed E-state index contributed by atoms with van der Waals surface area (Å²) >= 11 is 0. The molecule has 0 aliphatic carbocycles. The van der Waals surface area contributed by atoms with Crippen LogP contribution in [0.4, 0.5) is 0 Å². The van der Waals surface area contributed by atoms with E-state index in [4.69, 9.17) is 14.0 Å². The van der Waals surface area contributed by atoms with Gasteiger partial charge in [-0.25, -0.2) is 0 Å². The summed E-state index contributed by atoms with van der Waals surface area (Å²) in [7, 11) is 3.11. The van der Waals surface area contributed by atoms with Crippen molar-refractivity contribution in [2.45, 2.75) is 12.5 Å². The monoisotopic (exact) mass is 264 g/mol. The molecule has 0 aliphatic rings. The lowest BCUT2D eigenvalue weighted by atomic mass is 10.2. The normalized spacial score (nSPS) is 12.4. The zero-order valence-electron chi connectivity index (χ0n) is 10.9. The minimum Gasteiger partial charge on any atom is -0.496 e. The highest BCUT2D eigenvalue weighted by Gasteiger charge is 2.15. The van der Waals surface area contributed by atoms with E-state index in [1.165, 1.54) is 7.11 Å². The number of ether oxygens (including phenoxy) is 2. The molecular weight excluding hydrogens is 248 g/mol. The Morgan fingerprint density at radius 2 is 2.11 bits per heavy atom. The topological polar surface area (TPSA) is 77.6 Å². The van der Waals surface area contributed by atoms with E-state index in [9.17, 15) is 5.11 Å². The summed E-state index contributed by atoms with van der Waals surface area (Å²) in [5.74, 6) is 1.48. The minimum absolute atomic E-state index is 0.229. The van der Waals surface area contributed by atoms with Gasteiger partial charge < -0.3 is 19.1 Å². The van der Waals surface area contributed by atoms with Crippen LogP contribution in [0.5, 0.6) is 5.75 Å². The van der Waals surface area contributed by atoms with Crippen molar-refractivity contribution >= 4 is 0 Å². The fourth-order valence-electron chi connectivity index (χ4n) is 1.73. The van der Waals surface area contributed by atoms with Crippen molar-refractivity contribution in [3.05, 3.63) is 30.2 Å². The standard InChI is InChI=1S/C13H16N2O4/c1-17-8-9(16)7-12-14-13(15-19-12)10-5-3-4-6-11(10)18-2/h3-6,9,16H,7-8H2,1-2H3. The maximum atomic E-state index is 9.61. The number of aliphatic hydroxyl groups is 1. The summed E-state index contributed by atoms with van der Waals surface area (Å²) in [6.07, 6.45) is -0.397. The predicted octanol–water partition coefficient (Wildman–Crippen LogP) is 1.30. The molecule has 0 radical (unpaired) electrons. The molecule has 1 atom stereocenters. The first kappa shape index (κ1) is 13.5. The van der Waals surface area contributed by atoms with E-state index < -0.39 is 6.10 Å². The van der Waals surface area contributed by atoms with Crippen molar-refractivity contribution in [3.63, 3.8) is 0 Å². The molecule has 2 rings (SSSR count). The van der Waals surface area contributed by atoms with E-state index >= 15 is 0 Å². The van der Waals surface area contributed by atoms with Gasteiger partial charge in [0.1, 0.15) is 5.75 Å². The highest BCUT2D eigenvalue weighted by atomic mass is 16.5. The molecule has 0 amide bonds. The van der Waals surface area contributed by atoms with Gasteiger partial charge in [-0.3, -0.25) is 0 Å². The lowest BCUT2D eigenvalue weighted by molar-refractivity contribution is 0.0599. The van der Waals surface area contributed by atoms with Crippen LogP contribution in [-0.4, -0.2) is 42.2 Å². The Hall–Kier alpha value is -1.92. The van der Waals surface area contributed by atoms with E-state index in [1.54, 1.807) is 7.11 Å². The smallest absolute Gasteiger partial charge is 0.229 e. The van der Waals surface area contributed by atoms with Gasteiger partial charge in [-0.1, -0.05) is 17.3 Å². The van der Waals surface area contributed by atoms with Gasteiger partial charge in [-0.05, 0) is 12.1 Å². The number of para-hydroxylation sites is 1. The van der Waals surface area contributed by atoms with Crippen LogP contribution >= 0.6 is 0 Å². The SMILES string of the molecule is COCC(O)Cc1nc(-c2ccccc2OC)no1. The van der Waals surface area contributed by atoms with Crippen LogP contribution in [0.2, 0.25) is 0 Å². The summed E-state index contributed by atoms with van der Waals surface area (Å²) in [6.45, 7) is 0.229. The first-order chi connectivity index (χ1) is 9.24. The molecule has 1 unspecified atom stereocenters. The zero-order valence-corrected chi connectivity index (χ0v) is 10.9. The lowest BCUT2D eigenvalue weighted by Gasteiger charge is -2.05. The molecule has 0 saturated heterocycles. The maximum absolute atomic E-state index is 9.61. The second-order valence-electron chi connectivity index (χ2n) is 4.03. The molecule has 6 nitrogen and oxygen atoms in total. The Balaban J connectivity index is 2.16. The molecule has 1 heterocycles. The largest absolute Gasteiger partial charge is 0.496 e. The van der Waals surface area contributed by atoms with Crippen LogP contribution in [0.15, 0.2) is 28.8 Å². The molecule has 1 N–H and O–H groups in total. The number of benzene rings is 1. The Bertz CT molecular complexity index is 527. The van der Waals surface area contributed by atoms with E-state index in [2.05, 4.69) is 10.1 Å². The van der Waals surface area contributed by atoms with E-state index in [0.29, 0.717) is 17.5 Å². The second kappa shape index (κ2) is 6.31. The molecule has 102 valence electrons. The van der Waals surface area contributed by atoms with Crippen molar-refractivity contribution < 1.29 is 19.1 Å². The van der Waals surface area contributed by atoms with Gasteiger partial charge in [-0.2, -0.15) is 4.98 Å². The molecular formula is C13H16N2O4. The zero-order chi connectivity index (χ0) is 13.7. The fourth-order valence-corrected chi connectivity index (χ4v) is 1.73. The molecule has 1 aromatic heterocycles. The van der Waals surface area contributed by atoms with Gasteiger partial charge in [-0.15, -0.1) is 0 Å². The number of hydrogen-bond donors (Lipinski definition) is 1. The van der Waals surface area contributed by atoms with Gasteiger partial charge in [0.2, 0.25) is 11.7 Å². The second-order valence-corrected chi connectivity index (χ2v) is 4.03. The van der Waals surface area contributed by atoms with E-state index in [-0.39, 0.29) is 13.0 Å². The third kappa shape index (κ3) is 3.30. The maximum Gasteiger partial charge on any atom is 0.229 e. The molecule has 6 heteroatoms. The summed E-state index contributed by atoms with van der Waals surface area (Å²) in [6, 6.07) is 7.41. The molecule has 19 heavy (non-hydrogen) atoms. The van der Waals surface area contributed by atoms with Crippen LogP contribution in [0, 0.1) is 0 Å². The van der Waals surface area contributed by atoms with Crippen molar-refractivity contribution in [1.82, 2.24) is 10.1 Å². The van der Waals surface area contributed by atoms with E-state index in [0.717, 1.165) is 5.56 Å². The highest BCUT2D eigenvalue weighted by molar-refractivity contribution is 5.63. The van der Waals surface area contributed by atoms with Crippen LogP contribution in [0.3, 0.4) is 0 Å². The van der Waals surface area contributed by atoms with Gasteiger partial charge >= 0.3 is 0 Å². The number of aliphatic hydroxyl groups excluding tert-OH is 1. The number of nitrogens with zero attached hydrogens (tertiary/aromatic N) is 2. The highest BCUT2D eigenvalue weighted by Crippen LogP contribution is 2.27. The van der Waals surface area contributed by atoms with Crippen LogP contribution in [0.25, 0.3) is 11.4 Å². The molecule has 0 fully saturated rings. The summed E-state index contributed by atoms with van der Waals surface area (Å²) in [5.41, 5.74) is 0.751. The van der Waals surface area contributed by atoms with Crippen molar-refractivity contribution in [1.29, 1.82) is 0 Å². The van der Waals surface area contributed by atoms with E-state index in [1.807, 2.05) is 24.3 Å². The quantitative estimate of drug-likeness (QED) is 0.847. The summed E-state index contributed by atoms with van der Waals surface area (Å²) in [5, 5.41) is 13.5. The Kier molecular flexibility index (Phi) is 4.48. The molecule has 0 saturated carbocycles. The summed E-state index contributed by atoms with van der Waals surface area (Å²) in [4.78, 5) is 4.24. The fraction of sp³-hybridized carbons (Fsp3) is 0.385. The van der Waals surface area contributed by atoms with Crippen molar-refractivity contribution in [3.8, 4) is 17.1 Å². The Morgan fingerprint density at radius 3 is 2.84 bits per heavy atom. The minimum atomic E-state index is -0.657. The number of rotatable bonds is 6. The predicted molar refractivity (Wildman–Crippen MR) is 67.9 cm³/mol. The van der Waals surface area contributed by atoms with Gasteiger partial charge in [0.15, 0.2) is 0 Å². The molecule has 0 bridgehead atoms. The van der Waals surface area contributed by atoms with Crippen molar-refractivity contribution in [2.75, 3.05) is 20.8 Å². The molecule has 0 aliphatic heterocycles. The van der Waals surface area contributed by atoms with Gasteiger partial charge in [0, 0.05) is 7.11 Å². The third-order valence-electron chi connectivity index (χ3n) is 2.59. The number of aromatic nitrogens is 2. The molecule has 2 aromatic rings.